The van der Waals surface area contributed by atoms with Gasteiger partial charge in [-0.05, 0) is 30.4 Å². The summed E-state index contributed by atoms with van der Waals surface area (Å²) in [5.74, 6) is 0. The molecule has 1 aromatic carbocycles. The van der Waals surface area contributed by atoms with E-state index in [4.69, 9.17) is 0 Å². The minimum absolute atomic E-state index is 0.718. The van der Waals surface area contributed by atoms with Gasteiger partial charge in [0, 0.05) is 5.56 Å². The van der Waals surface area contributed by atoms with E-state index in [1.54, 1.807) is 6.08 Å². The molecule has 0 aliphatic carbocycles. The number of aldehydes is 1. The van der Waals surface area contributed by atoms with Gasteiger partial charge in [-0.2, -0.15) is 4.99 Å². The third-order valence-electron chi connectivity index (χ3n) is 1.46. The molecule has 0 aliphatic heterocycles. The maximum absolute atomic E-state index is 10.1. The molecule has 0 aliphatic rings. The highest BCUT2D eigenvalue weighted by molar-refractivity contribution is 7.78. The van der Waals surface area contributed by atoms with Crippen molar-refractivity contribution in [3.05, 3.63) is 35.9 Å². The molecule has 64 valence electrons. The second kappa shape index (κ2) is 5.14. The zero-order valence-electron chi connectivity index (χ0n) is 6.81. The number of isothiocyanates is 1. The molecule has 2 nitrogen and oxygen atoms in total. The van der Waals surface area contributed by atoms with Gasteiger partial charge in [0.15, 0.2) is 0 Å². The van der Waals surface area contributed by atoms with Crippen molar-refractivity contribution in [2.75, 3.05) is 0 Å². The van der Waals surface area contributed by atoms with Crippen LogP contribution in [0, 0.1) is 0 Å². The molecule has 0 saturated heterocycles. The quantitative estimate of drug-likeness (QED) is 0.316. The predicted octanol–water partition coefficient (Wildman–Crippen LogP) is 2.63. The van der Waals surface area contributed by atoms with E-state index in [-0.39, 0.29) is 0 Å². The van der Waals surface area contributed by atoms with Gasteiger partial charge in [0.2, 0.25) is 0 Å². The number of nitrogens with zero attached hydrogens (tertiary/aromatic N) is 1. The fraction of sp³-hybridized carbons (Fsp3) is 0. The van der Waals surface area contributed by atoms with E-state index in [1.165, 1.54) is 6.08 Å². The van der Waals surface area contributed by atoms with E-state index in [9.17, 15) is 4.79 Å². The SMILES string of the molecule is O=C/C=C\c1ccccc1N=C=S. The summed E-state index contributed by atoms with van der Waals surface area (Å²) in [7, 11) is 0. The number of para-hydroxylation sites is 1. The maximum atomic E-state index is 10.1. The Morgan fingerprint density at radius 2 is 2.15 bits per heavy atom. The molecule has 1 aromatic rings. The molecule has 0 spiro atoms. The van der Waals surface area contributed by atoms with Crippen molar-refractivity contribution >= 4 is 35.4 Å². The largest absolute Gasteiger partial charge is 0.299 e. The average Bonchev–Trinajstić information content (AvgIpc) is 2.17. The summed E-state index contributed by atoms with van der Waals surface area (Å²) in [6.07, 6.45) is 3.81. The first-order chi connectivity index (χ1) is 6.38. The fourth-order valence-electron chi connectivity index (χ4n) is 0.922. The minimum Gasteiger partial charge on any atom is -0.299 e. The second-order valence-corrected chi connectivity index (χ2v) is 2.44. The Hall–Kier alpha value is -1.57. The van der Waals surface area contributed by atoms with Gasteiger partial charge in [0.25, 0.3) is 0 Å². The summed E-state index contributed by atoms with van der Waals surface area (Å²) in [5, 5.41) is 2.29. The highest BCUT2D eigenvalue weighted by Crippen LogP contribution is 2.18. The zero-order chi connectivity index (χ0) is 9.52. The van der Waals surface area contributed by atoms with Gasteiger partial charge >= 0.3 is 0 Å². The number of benzene rings is 1. The van der Waals surface area contributed by atoms with Crippen LogP contribution < -0.4 is 0 Å². The average molecular weight is 189 g/mol. The van der Waals surface area contributed by atoms with Gasteiger partial charge in [-0.15, -0.1) is 0 Å². The molecule has 0 heterocycles. The normalized spacial score (nSPS) is 9.54. The Morgan fingerprint density at radius 3 is 2.85 bits per heavy atom. The lowest BCUT2D eigenvalue weighted by Crippen LogP contribution is -1.73. The summed E-state index contributed by atoms with van der Waals surface area (Å²) >= 11 is 4.50. The molecular weight excluding hydrogens is 182 g/mol. The topological polar surface area (TPSA) is 29.4 Å². The van der Waals surface area contributed by atoms with Crippen LogP contribution in [0.1, 0.15) is 5.56 Å². The highest BCUT2D eigenvalue weighted by atomic mass is 32.1. The highest BCUT2D eigenvalue weighted by Gasteiger charge is 1.93. The van der Waals surface area contributed by atoms with Crippen LogP contribution in [0.2, 0.25) is 0 Å². The molecule has 0 radical (unpaired) electrons. The van der Waals surface area contributed by atoms with Crippen molar-refractivity contribution in [3.8, 4) is 0 Å². The number of thiocarbonyl (C=S) groups is 1. The first kappa shape index (κ1) is 9.52. The number of hydrogen-bond donors (Lipinski definition) is 0. The third-order valence-corrected chi connectivity index (χ3v) is 1.55. The molecule has 0 amide bonds. The number of allylic oxidation sites excluding steroid dienone is 1. The standard InChI is InChI=1S/C10H7NOS/c12-7-3-5-9-4-1-2-6-10(9)11-8-13/h1-7H/b5-3-. The number of carbonyl (C=O) groups is 1. The Labute approximate surface area is 81.6 Å². The molecule has 3 heteroatoms. The van der Waals surface area contributed by atoms with Crippen LogP contribution in [0.15, 0.2) is 35.3 Å². The molecular formula is C10H7NOS. The molecule has 0 atom stereocenters. The lowest BCUT2D eigenvalue weighted by molar-refractivity contribution is -0.104. The van der Waals surface area contributed by atoms with E-state index in [0.717, 1.165) is 17.5 Å². The number of rotatable bonds is 3. The van der Waals surface area contributed by atoms with Crippen LogP contribution in [0.4, 0.5) is 5.69 Å². The van der Waals surface area contributed by atoms with Gasteiger partial charge in [-0.3, -0.25) is 4.79 Å². The van der Waals surface area contributed by atoms with Crippen LogP contribution in [0.3, 0.4) is 0 Å². The van der Waals surface area contributed by atoms with Gasteiger partial charge in [-0.1, -0.05) is 18.2 Å². The summed E-state index contributed by atoms with van der Waals surface area (Å²) < 4.78 is 0. The smallest absolute Gasteiger partial charge is 0.142 e. The van der Waals surface area contributed by atoms with Crippen LogP contribution >= 0.6 is 12.2 Å². The van der Waals surface area contributed by atoms with Crippen molar-refractivity contribution in [1.82, 2.24) is 0 Å². The Balaban J connectivity index is 3.10. The Morgan fingerprint density at radius 1 is 1.38 bits per heavy atom. The Bertz CT molecular complexity index is 378. The van der Waals surface area contributed by atoms with E-state index >= 15 is 0 Å². The van der Waals surface area contributed by atoms with Gasteiger partial charge in [0.1, 0.15) is 6.29 Å². The fourth-order valence-corrected chi connectivity index (χ4v) is 1.02. The van der Waals surface area contributed by atoms with Gasteiger partial charge < -0.3 is 0 Å². The van der Waals surface area contributed by atoms with Crippen molar-refractivity contribution in [2.45, 2.75) is 0 Å². The number of carbonyl (C=O) groups excluding carboxylic acids is 1. The molecule has 0 N–H and O–H groups in total. The van der Waals surface area contributed by atoms with Crippen molar-refractivity contribution in [3.63, 3.8) is 0 Å². The van der Waals surface area contributed by atoms with Crippen LogP contribution in [0.25, 0.3) is 6.08 Å². The van der Waals surface area contributed by atoms with E-state index < -0.39 is 0 Å². The van der Waals surface area contributed by atoms with Gasteiger partial charge in [0.05, 0.1) is 10.8 Å². The molecule has 0 bridgehead atoms. The maximum Gasteiger partial charge on any atom is 0.142 e. The lowest BCUT2D eigenvalue weighted by Gasteiger charge is -1.95. The number of aliphatic imine (C=N–C) groups is 1. The number of hydrogen-bond acceptors (Lipinski definition) is 3. The summed E-state index contributed by atoms with van der Waals surface area (Å²) in [5.41, 5.74) is 1.57. The van der Waals surface area contributed by atoms with Crippen LogP contribution in [-0.2, 0) is 4.79 Å². The monoisotopic (exact) mass is 189 g/mol. The molecule has 1 rings (SSSR count). The molecule has 0 fully saturated rings. The molecule has 0 saturated carbocycles. The first-order valence-electron chi connectivity index (χ1n) is 3.67. The van der Waals surface area contributed by atoms with Gasteiger partial charge in [-0.25, -0.2) is 0 Å². The molecule has 13 heavy (non-hydrogen) atoms. The summed E-state index contributed by atoms with van der Waals surface area (Å²) in [6.45, 7) is 0. The predicted molar refractivity (Wildman–Crippen MR) is 56.2 cm³/mol. The summed E-state index contributed by atoms with van der Waals surface area (Å²) in [6, 6.07) is 7.38. The third kappa shape index (κ3) is 2.75. The minimum atomic E-state index is 0.718. The van der Waals surface area contributed by atoms with Crippen molar-refractivity contribution in [1.29, 1.82) is 0 Å². The van der Waals surface area contributed by atoms with E-state index in [1.807, 2.05) is 24.3 Å². The zero-order valence-corrected chi connectivity index (χ0v) is 7.62. The molecule has 0 unspecified atom stereocenters. The van der Waals surface area contributed by atoms with Crippen molar-refractivity contribution in [2.24, 2.45) is 4.99 Å². The first-order valence-corrected chi connectivity index (χ1v) is 4.08. The summed E-state index contributed by atoms with van der Waals surface area (Å²) in [4.78, 5) is 14.0. The second-order valence-electron chi connectivity index (χ2n) is 2.26. The Kier molecular flexibility index (Phi) is 3.76. The van der Waals surface area contributed by atoms with Crippen LogP contribution in [-0.4, -0.2) is 11.4 Å². The van der Waals surface area contributed by atoms with Crippen LogP contribution in [0.5, 0.6) is 0 Å². The lowest BCUT2D eigenvalue weighted by atomic mass is 10.2. The van der Waals surface area contributed by atoms with E-state index in [0.29, 0.717) is 0 Å². The van der Waals surface area contributed by atoms with E-state index in [2.05, 4.69) is 22.4 Å². The molecule has 0 aromatic heterocycles. The van der Waals surface area contributed by atoms with Crippen molar-refractivity contribution < 1.29 is 4.79 Å².